The summed E-state index contributed by atoms with van der Waals surface area (Å²) in [7, 11) is 0. The first-order valence-corrected chi connectivity index (χ1v) is 8.87. The minimum atomic E-state index is -4.49. The molecule has 2 aromatic rings. The van der Waals surface area contributed by atoms with Gasteiger partial charge in [-0.1, -0.05) is 12.1 Å². The number of rotatable bonds is 4. The van der Waals surface area contributed by atoms with E-state index in [2.05, 4.69) is 10.6 Å². The molecule has 0 aromatic heterocycles. The summed E-state index contributed by atoms with van der Waals surface area (Å²) < 4.78 is 38.4. The molecular formula is C20H20F3N3O2. The van der Waals surface area contributed by atoms with E-state index in [1.165, 1.54) is 24.3 Å². The van der Waals surface area contributed by atoms with Gasteiger partial charge in [-0.15, -0.1) is 0 Å². The second kappa shape index (κ2) is 8.02. The lowest BCUT2D eigenvalue weighted by atomic mass is 10.1. The van der Waals surface area contributed by atoms with Gasteiger partial charge >= 0.3 is 6.18 Å². The topological polar surface area (TPSA) is 84.2 Å². The lowest BCUT2D eigenvalue weighted by Gasteiger charge is -2.12. The molecule has 2 amide bonds. The predicted octanol–water partition coefficient (Wildman–Crippen LogP) is 4.02. The van der Waals surface area contributed by atoms with E-state index in [0.29, 0.717) is 12.1 Å². The highest BCUT2D eigenvalue weighted by molar-refractivity contribution is 6.05. The lowest BCUT2D eigenvalue weighted by molar-refractivity contribution is -0.137. The van der Waals surface area contributed by atoms with Crippen LogP contribution in [-0.4, -0.2) is 17.9 Å². The fourth-order valence-corrected chi connectivity index (χ4v) is 3.21. The van der Waals surface area contributed by atoms with Gasteiger partial charge in [-0.2, -0.15) is 13.2 Å². The number of carbonyl (C=O) groups is 2. The van der Waals surface area contributed by atoms with Gasteiger partial charge in [-0.3, -0.25) is 9.59 Å². The Morgan fingerprint density at radius 3 is 2.29 bits per heavy atom. The van der Waals surface area contributed by atoms with Crippen molar-refractivity contribution in [2.75, 3.05) is 10.6 Å². The number of alkyl halides is 3. The van der Waals surface area contributed by atoms with Crippen LogP contribution in [0.2, 0.25) is 0 Å². The average molecular weight is 391 g/mol. The second-order valence-corrected chi connectivity index (χ2v) is 6.87. The van der Waals surface area contributed by atoms with Gasteiger partial charge in [-0.25, -0.2) is 0 Å². The molecule has 148 valence electrons. The van der Waals surface area contributed by atoms with Crippen LogP contribution in [0.4, 0.5) is 24.5 Å². The molecule has 0 spiro atoms. The Kier molecular flexibility index (Phi) is 5.69. The van der Waals surface area contributed by atoms with E-state index in [0.717, 1.165) is 25.0 Å². The molecule has 1 aliphatic carbocycles. The molecule has 8 heteroatoms. The highest BCUT2D eigenvalue weighted by Gasteiger charge is 2.30. The third-order valence-electron chi connectivity index (χ3n) is 4.68. The summed E-state index contributed by atoms with van der Waals surface area (Å²) >= 11 is 0. The summed E-state index contributed by atoms with van der Waals surface area (Å²) in [6.45, 7) is 0. The van der Waals surface area contributed by atoms with Crippen LogP contribution in [0, 0.1) is 5.92 Å². The van der Waals surface area contributed by atoms with Gasteiger partial charge in [0.1, 0.15) is 0 Å². The minimum Gasteiger partial charge on any atom is -0.328 e. The summed E-state index contributed by atoms with van der Waals surface area (Å²) in [4.78, 5) is 24.7. The standard InChI is InChI=1S/C20H20F3N3O2/c21-20(22,23)14-4-2-6-17(11-14)26-18(27)12-3-1-5-16(10-12)25-19(28)13-7-8-15(24)9-13/h1-6,10-11,13,15H,7-9,24H2,(H,25,28)(H,26,27). The Bertz CT molecular complexity index is 883. The molecule has 28 heavy (non-hydrogen) atoms. The smallest absolute Gasteiger partial charge is 0.328 e. The molecular weight excluding hydrogens is 371 g/mol. The fraction of sp³-hybridized carbons (Fsp3) is 0.300. The van der Waals surface area contributed by atoms with Gasteiger partial charge in [0.25, 0.3) is 5.91 Å². The molecule has 1 aliphatic rings. The predicted molar refractivity (Wildman–Crippen MR) is 99.8 cm³/mol. The molecule has 0 saturated heterocycles. The molecule has 0 bridgehead atoms. The molecule has 3 rings (SSSR count). The Labute approximate surface area is 160 Å². The second-order valence-electron chi connectivity index (χ2n) is 6.87. The number of hydrogen-bond acceptors (Lipinski definition) is 3. The van der Waals surface area contributed by atoms with E-state index in [-0.39, 0.29) is 29.1 Å². The summed E-state index contributed by atoms with van der Waals surface area (Å²) in [5.41, 5.74) is 5.68. The largest absolute Gasteiger partial charge is 0.416 e. The molecule has 0 aliphatic heterocycles. The Hall–Kier alpha value is -2.87. The van der Waals surface area contributed by atoms with Crippen LogP contribution in [0.5, 0.6) is 0 Å². The maximum absolute atomic E-state index is 12.8. The third-order valence-corrected chi connectivity index (χ3v) is 4.68. The van der Waals surface area contributed by atoms with E-state index < -0.39 is 17.6 Å². The number of benzene rings is 2. The van der Waals surface area contributed by atoms with Crippen LogP contribution >= 0.6 is 0 Å². The zero-order chi connectivity index (χ0) is 20.3. The number of hydrogen-bond donors (Lipinski definition) is 3. The summed E-state index contributed by atoms with van der Waals surface area (Å²) in [6, 6.07) is 10.7. The highest BCUT2D eigenvalue weighted by Crippen LogP contribution is 2.31. The van der Waals surface area contributed by atoms with Gasteiger partial charge in [0, 0.05) is 28.9 Å². The van der Waals surface area contributed by atoms with Crippen molar-refractivity contribution in [3.05, 3.63) is 59.7 Å². The van der Waals surface area contributed by atoms with Crippen LogP contribution in [0.25, 0.3) is 0 Å². The molecule has 5 nitrogen and oxygen atoms in total. The van der Waals surface area contributed by atoms with Gasteiger partial charge in [-0.05, 0) is 55.7 Å². The minimum absolute atomic E-state index is 0.0281. The maximum Gasteiger partial charge on any atom is 0.416 e. The SMILES string of the molecule is NC1CCC(C(=O)Nc2cccc(C(=O)Nc3cccc(C(F)(F)F)c3)c2)C1. The van der Waals surface area contributed by atoms with Crippen molar-refractivity contribution in [1.82, 2.24) is 0 Å². The molecule has 1 fully saturated rings. The van der Waals surface area contributed by atoms with Crippen molar-refractivity contribution in [2.24, 2.45) is 11.7 Å². The van der Waals surface area contributed by atoms with Crippen molar-refractivity contribution >= 4 is 23.2 Å². The maximum atomic E-state index is 12.8. The summed E-state index contributed by atoms with van der Waals surface area (Å²) in [5, 5.41) is 5.21. The molecule has 1 saturated carbocycles. The van der Waals surface area contributed by atoms with Gasteiger partial charge < -0.3 is 16.4 Å². The quantitative estimate of drug-likeness (QED) is 0.736. The van der Waals surface area contributed by atoms with Gasteiger partial charge in [0.2, 0.25) is 5.91 Å². The van der Waals surface area contributed by atoms with Crippen LogP contribution in [-0.2, 0) is 11.0 Å². The van der Waals surface area contributed by atoms with E-state index in [4.69, 9.17) is 5.73 Å². The number of nitrogens with two attached hydrogens (primary N) is 1. The van der Waals surface area contributed by atoms with E-state index in [1.54, 1.807) is 12.1 Å². The number of anilines is 2. The first kappa shape index (κ1) is 19.9. The van der Waals surface area contributed by atoms with E-state index in [1.807, 2.05) is 0 Å². The van der Waals surface area contributed by atoms with Crippen LogP contribution in [0.1, 0.15) is 35.2 Å². The molecule has 0 radical (unpaired) electrons. The van der Waals surface area contributed by atoms with E-state index >= 15 is 0 Å². The Morgan fingerprint density at radius 1 is 0.964 bits per heavy atom. The Morgan fingerprint density at radius 2 is 1.64 bits per heavy atom. The zero-order valence-electron chi connectivity index (χ0n) is 14.9. The number of halogens is 3. The average Bonchev–Trinajstić information content (AvgIpc) is 3.08. The molecule has 2 aromatic carbocycles. The van der Waals surface area contributed by atoms with Crippen molar-refractivity contribution in [2.45, 2.75) is 31.5 Å². The van der Waals surface area contributed by atoms with Crippen LogP contribution in [0.3, 0.4) is 0 Å². The van der Waals surface area contributed by atoms with Crippen LogP contribution in [0.15, 0.2) is 48.5 Å². The lowest BCUT2D eigenvalue weighted by Crippen LogP contribution is -2.23. The zero-order valence-corrected chi connectivity index (χ0v) is 14.9. The molecule has 2 unspecified atom stereocenters. The van der Waals surface area contributed by atoms with Crippen molar-refractivity contribution in [1.29, 1.82) is 0 Å². The normalized spacial score (nSPS) is 19.3. The molecule has 4 N–H and O–H groups in total. The van der Waals surface area contributed by atoms with Gasteiger partial charge in [0.05, 0.1) is 5.56 Å². The van der Waals surface area contributed by atoms with Crippen molar-refractivity contribution in [3.63, 3.8) is 0 Å². The van der Waals surface area contributed by atoms with Crippen molar-refractivity contribution < 1.29 is 22.8 Å². The molecule has 0 heterocycles. The van der Waals surface area contributed by atoms with E-state index in [9.17, 15) is 22.8 Å². The Balaban J connectivity index is 1.68. The number of carbonyl (C=O) groups excluding carboxylic acids is 2. The number of amides is 2. The summed E-state index contributed by atoms with van der Waals surface area (Å²) in [6.07, 6.45) is -2.34. The molecule has 2 atom stereocenters. The monoisotopic (exact) mass is 391 g/mol. The highest BCUT2D eigenvalue weighted by atomic mass is 19.4. The number of nitrogens with one attached hydrogen (secondary N) is 2. The first-order chi connectivity index (χ1) is 13.2. The first-order valence-electron chi connectivity index (χ1n) is 8.87. The van der Waals surface area contributed by atoms with Gasteiger partial charge in [0.15, 0.2) is 0 Å². The van der Waals surface area contributed by atoms with Crippen molar-refractivity contribution in [3.8, 4) is 0 Å². The third kappa shape index (κ3) is 4.89. The summed E-state index contributed by atoms with van der Waals surface area (Å²) in [5.74, 6) is -0.876. The fourth-order valence-electron chi connectivity index (χ4n) is 3.21. The van der Waals surface area contributed by atoms with Crippen LogP contribution < -0.4 is 16.4 Å².